The molecule has 0 bridgehead atoms. The van der Waals surface area contributed by atoms with Crippen LogP contribution in [-0.4, -0.2) is 63.6 Å². The van der Waals surface area contributed by atoms with E-state index in [2.05, 4.69) is 15.6 Å². The van der Waals surface area contributed by atoms with E-state index in [0.717, 1.165) is 49.6 Å². The molecule has 2 atom stereocenters. The standard InChI is InChI=1S/C28H35N5O4/c1-2-36-25-16-8-5-13-22(25)27(28(35)29-20-10-3-4-11-20)32(18-21-12-9-17-37-21)26(34)19-33-24-15-7-6-14-23(24)30-31-33/h5-8,13-16,20-21,27H,2-4,9-12,17-19H2,1H3,(H,29,35)/t21-,27+/m1/s1. The summed E-state index contributed by atoms with van der Waals surface area (Å²) in [6, 6.07) is 14.3. The number of carbonyl (C=O) groups is 2. The summed E-state index contributed by atoms with van der Waals surface area (Å²) in [6.07, 6.45) is 5.77. The minimum Gasteiger partial charge on any atom is -0.494 e. The Kier molecular flexibility index (Phi) is 7.99. The topological polar surface area (TPSA) is 98.6 Å². The predicted molar refractivity (Wildman–Crippen MR) is 139 cm³/mol. The molecule has 2 fully saturated rings. The molecule has 196 valence electrons. The number of benzene rings is 2. The molecule has 2 amide bonds. The summed E-state index contributed by atoms with van der Waals surface area (Å²) >= 11 is 0. The number of amides is 2. The number of nitrogens with zero attached hydrogens (tertiary/aromatic N) is 4. The number of nitrogens with one attached hydrogen (secondary N) is 1. The van der Waals surface area contributed by atoms with Gasteiger partial charge < -0.3 is 19.7 Å². The van der Waals surface area contributed by atoms with E-state index in [9.17, 15) is 9.59 Å². The summed E-state index contributed by atoms with van der Waals surface area (Å²) in [7, 11) is 0. The maximum atomic E-state index is 14.0. The van der Waals surface area contributed by atoms with E-state index >= 15 is 0 Å². The van der Waals surface area contributed by atoms with E-state index in [0.29, 0.717) is 31.1 Å². The fourth-order valence-electron chi connectivity index (χ4n) is 5.41. The molecule has 2 heterocycles. The van der Waals surface area contributed by atoms with Crippen LogP contribution in [0.2, 0.25) is 0 Å². The molecule has 1 saturated heterocycles. The van der Waals surface area contributed by atoms with Crippen molar-refractivity contribution in [3.8, 4) is 5.75 Å². The SMILES string of the molecule is CCOc1ccccc1[C@@H](C(=O)NC1CCCC1)N(C[C@H]1CCCO1)C(=O)Cn1nnc2ccccc21. The predicted octanol–water partition coefficient (Wildman–Crippen LogP) is 3.64. The molecule has 1 N–H and O–H groups in total. The van der Waals surface area contributed by atoms with Crippen molar-refractivity contribution in [2.24, 2.45) is 0 Å². The van der Waals surface area contributed by atoms with Gasteiger partial charge >= 0.3 is 0 Å². The van der Waals surface area contributed by atoms with E-state index < -0.39 is 6.04 Å². The highest BCUT2D eigenvalue weighted by molar-refractivity contribution is 5.90. The second-order valence-electron chi connectivity index (χ2n) is 9.78. The number of carbonyl (C=O) groups excluding carboxylic acids is 2. The number of rotatable bonds is 10. The second kappa shape index (κ2) is 11.7. The van der Waals surface area contributed by atoms with Crippen LogP contribution in [0.25, 0.3) is 11.0 Å². The summed E-state index contributed by atoms with van der Waals surface area (Å²) in [6.45, 7) is 3.31. The number of fused-ring (bicyclic) bond motifs is 1. The Hall–Kier alpha value is -3.46. The van der Waals surface area contributed by atoms with Gasteiger partial charge in [0.1, 0.15) is 23.9 Å². The van der Waals surface area contributed by atoms with Gasteiger partial charge in [0.2, 0.25) is 11.8 Å². The van der Waals surface area contributed by atoms with Gasteiger partial charge in [-0.2, -0.15) is 0 Å². The van der Waals surface area contributed by atoms with Crippen LogP contribution in [0.4, 0.5) is 0 Å². The van der Waals surface area contributed by atoms with Gasteiger partial charge in [-0.15, -0.1) is 5.10 Å². The lowest BCUT2D eigenvalue weighted by molar-refractivity contribution is -0.143. The molecule has 5 rings (SSSR count). The molecule has 1 aliphatic heterocycles. The zero-order valence-corrected chi connectivity index (χ0v) is 21.3. The van der Waals surface area contributed by atoms with Gasteiger partial charge in [0.15, 0.2) is 0 Å². The zero-order valence-electron chi connectivity index (χ0n) is 21.3. The van der Waals surface area contributed by atoms with Gasteiger partial charge in [-0.25, -0.2) is 4.68 Å². The molecule has 9 heteroatoms. The molecule has 3 aromatic rings. The van der Waals surface area contributed by atoms with Gasteiger partial charge in [-0.1, -0.05) is 48.4 Å². The number of para-hydroxylation sites is 2. The summed E-state index contributed by atoms with van der Waals surface area (Å²) in [4.78, 5) is 29.6. The lowest BCUT2D eigenvalue weighted by Gasteiger charge is -2.34. The fourth-order valence-corrected chi connectivity index (χ4v) is 5.41. The van der Waals surface area contributed by atoms with Crippen LogP contribution in [0.3, 0.4) is 0 Å². The lowest BCUT2D eigenvalue weighted by atomic mass is 10.0. The molecule has 0 spiro atoms. The molecule has 0 radical (unpaired) electrons. The van der Waals surface area contributed by atoms with E-state index in [4.69, 9.17) is 9.47 Å². The van der Waals surface area contributed by atoms with Gasteiger partial charge in [0.25, 0.3) is 0 Å². The number of hydrogen-bond acceptors (Lipinski definition) is 6. The van der Waals surface area contributed by atoms with E-state index in [1.54, 1.807) is 9.58 Å². The van der Waals surface area contributed by atoms with Crippen LogP contribution < -0.4 is 10.1 Å². The Morgan fingerprint density at radius 1 is 1.11 bits per heavy atom. The van der Waals surface area contributed by atoms with Crippen LogP contribution in [0, 0.1) is 0 Å². The molecule has 0 unspecified atom stereocenters. The Morgan fingerprint density at radius 2 is 1.89 bits per heavy atom. The van der Waals surface area contributed by atoms with Crippen LogP contribution in [0.5, 0.6) is 5.75 Å². The van der Waals surface area contributed by atoms with Crippen LogP contribution >= 0.6 is 0 Å². The summed E-state index contributed by atoms with van der Waals surface area (Å²) in [5.74, 6) is 0.200. The third-order valence-corrected chi connectivity index (χ3v) is 7.22. The molecule has 2 aromatic carbocycles. The van der Waals surface area contributed by atoms with Crippen molar-refractivity contribution in [3.05, 3.63) is 54.1 Å². The maximum Gasteiger partial charge on any atom is 0.247 e. The lowest BCUT2D eigenvalue weighted by Crippen LogP contribution is -2.49. The first-order chi connectivity index (χ1) is 18.1. The van der Waals surface area contributed by atoms with Gasteiger partial charge in [0, 0.05) is 24.8 Å². The van der Waals surface area contributed by atoms with Crippen LogP contribution in [0.1, 0.15) is 57.1 Å². The van der Waals surface area contributed by atoms with Gasteiger partial charge in [-0.3, -0.25) is 9.59 Å². The average molecular weight is 506 g/mol. The highest BCUT2D eigenvalue weighted by atomic mass is 16.5. The largest absolute Gasteiger partial charge is 0.494 e. The van der Waals surface area contributed by atoms with Gasteiger partial charge in [0.05, 0.1) is 18.2 Å². The first kappa shape index (κ1) is 25.2. The fraction of sp³-hybridized carbons (Fsp3) is 0.500. The number of hydrogen-bond donors (Lipinski definition) is 1. The summed E-state index contributed by atoms with van der Waals surface area (Å²) in [5.41, 5.74) is 2.17. The highest BCUT2D eigenvalue weighted by Crippen LogP contribution is 2.32. The Labute approximate surface area is 217 Å². The molecular weight excluding hydrogens is 470 g/mol. The summed E-state index contributed by atoms with van der Waals surface area (Å²) < 4.78 is 13.4. The molecule has 2 aliphatic rings. The van der Waals surface area contributed by atoms with Crippen LogP contribution in [0.15, 0.2) is 48.5 Å². The minimum atomic E-state index is -0.852. The second-order valence-corrected chi connectivity index (χ2v) is 9.78. The number of aromatic nitrogens is 3. The zero-order chi connectivity index (χ0) is 25.6. The molecule has 9 nitrogen and oxygen atoms in total. The van der Waals surface area contributed by atoms with E-state index in [-0.39, 0.29) is 30.5 Å². The smallest absolute Gasteiger partial charge is 0.247 e. The first-order valence-electron chi connectivity index (χ1n) is 13.4. The summed E-state index contributed by atoms with van der Waals surface area (Å²) in [5, 5.41) is 11.6. The van der Waals surface area contributed by atoms with Crippen molar-refractivity contribution in [3.63, 3.8) is 0 Å². The maximum absolute atomic E-state index is 14.0. The van der Waals surface area contributed by atoms with Crippen LogP contribution in [-0.2, 0) is 20.9 Å². The molecule has 37 heavy (non-hydrogen) atoms. The molecule has 1 aliphatic carbocycles. The van der Waals surface area contributed by atoms with Crippen molar-refractivity contribution in [1.82, 2.24) is 25.2 Å². The normalized spacial score (nSPS) is 18.7. The monoisotopic (exact) mass is 505 g/mol. The average Bonchev–Trinajstić information content (AvgIpc) is 3.68. The third kappa shape index (κ3) is 5.77. The first-order valence-corrected chi connectivity index (χ1v) is 13.4. The van der Waals surface area contributed by atoms with Gasteiger partial charge in [-0.05, 0) is 50.8 Å². The molecule has 1 saturated carbocycles. The van der Waals surface area contributed by atoms with Crippen molar-refractivity contribution in [1.29, 1.82) is 0 Å². The quantitative estimate of drug-likeness (QED) is 0.452. The molecular formula is C28H35N5O4. The van der Waals surface area contributed by atoms with Crippen molar-refractivity contribution < 1.29 is 19.1 Å². The van der Waals surface area contributed by atoms with E-state index in [1.807, 2.05) is 55.5 Å². The minimum absolute atomic E-state index is 0.0305. The Balaban J connectivity index is 1.51. The van der Waals surface area contributed by atoms with Crippen molar-refractivity contribution in [2.45, 2.75) is 70.2 Å². The van der Waals surface area contributed by atoms with E-state index in [1.165, 1.54) is 0 Å². The van der Waals surface area contributed by atoms with Crippen molar-refractivity contribution >= 4 is 22.8 Å². The number of ether oxygens (including phenoxy) is 2. The highest BCUT2D eigenvalue weighted by Gasteiger charge is 2.37. The molecule has 1 aromatic heterocycles. The Morgan fingerprint density at radius 3 is 2.68 bits per heavy atom. The Bertz CT molecular complexity index is 1220. The third-order valence-electron chi connectivity index (χ3n) is 7.22. The van der Waals surface area contributed by atoms with Crippen molar-refractivity contribution in [2.75, 3.05) is 19.8 Å².